The Kier molecular flexibility index (Phi) is 5.54. The molecule has 1 amide bonds. The molecule has 3 aromatic carbocycles. The smallest absolute Gasteiger partial charge is 0.246 e. The number of hydrogen-bond donors (Lipinski definition) is 1. The van der Waals surface area contributed by atoms with Gasteiger partial charge in [0.1, 0.15) is 12.7 Å². The number of nitrogens with one attached hydrogen (secondary N) is 1. The Bertz CT molecular complexity index is 888. The molecule has 0 aliphatic carbocycles. The maximum atomic E-state index is 12.3. The van der Waals surface area contributed by atoms with Gasteiger partial charge in [-0.3, -0.25) is 4.79 Å². The number of ether oxygens (including phenoxy) is 3. The molecule has 0 saturated heterocycles. The van der Waals surface area contributed by atoms with Crippen LogP contribution >= 0.6 is 0 Å². The maximum absolute atomic E-state index is 12.3. The fourth-order valence-corrected chi connectivity index (χ4v) is 3.10. The third kappa shape index (κ3) is 4.32. The molecule has 4 rings (SSSR count). The topological polar surface area (TPSA) is 56.8 Å². The lowest BCUT2D eigenvalue weighted by molar-refractivity contribution is -0.127. The first-order chi connectivity index (χ1) is 13.8. The molecule has 0 unspecified atom stereocenters. The Morgan fingerprint density at radius 3 is 2.21 bits per heavy atom. The number of rotatable bonds is 7. The van der Waals surface area contributed by atoms with Gasteiger partial charge in [-0.15, -0.1) is 0 Å². The van der Waals surface area contributed by atoms with E-state index in [1.807, 2.05) is 78.9 Å². The Morgan fingerprint density at radius 2 is 1.54 bits per heavy atom. The van der Waals surface area contributed by atoms with Crippen LogP contribution in [0.15, 0.2) is 78.9 Å². The summed E-state index contributed by atoms with van der Waals surface area (Å²) in [4.78, 5) is 12.3. The van der Waals surface area contributed by atoms with Crippen molar-refractivity contribution in [1.82, 2.24) is 5.32 Å². The summed E-state index contributed by atoms with van der Waals surface area (Å²) < 4.78 is 16.6. The molecule has 0 radical (unpaired) electrons. The molecule has 142 valence electrons. The fraction of sp³-hybridized carbons (Fsp3) is 0.174. The second-order valence-electron chi connectivity index (χ2n) is 6.48. The molecule has 0 spiro atoms. The van der Waals surface area contributed by atoms with Crippen LogP contribution in [0, 0.1) is 0 Å². The summed E-state index contributed by atoms with van der Waals surface area (Å²) in [6, 6.07) is 25.4. The van der Waals surface area contributed by atoms with Crippen molar-refractivity contribution in [2.75, 3.05) is 13.4 Å². The zero-order chi connectivity index (χ0) is 19.2. The molecule has 1 aliphatic heterocycles. The second kappa shape index (κ2) is 8.59. The van der Waals surface area contributed by atoms with E-state index >= 15 is 0 Å². The van der Waals surface area contributed by atoms with E-state index in [0.29, 0.717) is 12.3 Å². The molecule has 0 bridgehead atoms. The zero-order valence-electron chi connectivity index (χ0n) is 15.3. The van der Waals surface area contributed by atoms with Crippen LogP contribution in [-0.4, -0.2) is 19.3 Å². The number of benzene rings is 3. The number of carbonyl (C=O) groups is 1. The van der Waals surface area contributed by atoms with Crippen molar-refractivity contribution in [3.05, 3.63) is 95.6 Å². The maximum Gasteiger partial charge on any atom is 0.246 e. The molecule has 5 heteroatoms. The Hall–Kier alpha value is -3.31. The van der Waals surface area contributed by atoms with Crippen LogP contribution in [0.3, 0.4) is 0 Å². The highest BCUT2D eigenvalue weighted by atomic mass is 16.7. The highest BCUT2D eigenvalue weighted by molar-refractivity contribution is 5.77. The van der Waals surface area contributed by atoms with Crippen LogP contribution in [0.5, 0.6) is 11.5 Å². The standard InChI is InChI=1S/C23H21NO4/c25-22(24-14-17-11-12-20-21(13-17)28-16-27-20)15-26-23(18-7-3-1-4-8-18)19-9-5-2-6-10-19/h1-13,23H,14-16H2,(H,24,25). The van der Waals surface area contributed by atoms with Crippen LogP contribution in [-0.2, 0) is 16.1 Å². The molecular formula is C23H21NO4. The molecule has 1 N–H and O–H groups in total. The summed E-state index contributed by atoms with van der Waals surface area (Å²) in [6.07, 6.45) is -0.293. The Labute approximate surface area is 163 Å². The monoisotopic (exact) mass is 375 g/mol. The van der Waals surface area contributed by atoms with Gasteiger partial charge in [-0.25, -0.2) is 0 Å². The van der Waals surface area contributed by atoms with E-state index in [9.17, 15) is 4.79 Å². The lowest BCUT2D eigenvalue weighted by Gasteiger charge is -2.19. The normalized spacial score (nSPS) is 12.2. The zero-order valence-corrected chi connectivity index (χ0v) is 15.3. The van der Waals surface area contributed by atoms with E-state index in [0.717, 1.165) is 22.4 Å². The summed E-state index contributed by atoms with van der Waals surface area (Å²) >= 11 is 0. The molecule has 28 heavy (non-hydrogen) atoms. The predicted octanol–water partition coefficient (Wildman–Crippen LogP) is 3.84. The first-order valence-corrected chi connectivity index (χ1v) is 9.16. The minimum atomic E-state index is -0.293. The third-order valence-electron chi connectivity index (χ3n) is 4.51. The summed E-state index contributed by atoms with van der Waals surface area (Å²) in [7, 11) is 0. The van der Waals surface area contributed by atoms with E-state index in [4.69, 9.17) is 14.2 Å². The van der Waals surface area contributed by atoms with Crippen LogP contribution in [0.2, 0.25) is 0 Å². The second-order valence-corrected chi connectivity index (χ2v) is 6.48. The number of hydrogen-bond acceptors (Lipinski definition) is 4. The SMILES string of the molecule is O=C(COC(c1ccccc1)c1ccccc1)NCc1ccc2c(c1)OCO2. The minimum absolute atomic E-state index is 0.0288. The van der Waals surface area contributed by atoms with Gasteiger partial charge in [0.05, 0.1) is 0 Å². The van der Waals surface area contributed by atoms with Crippen molar-refractivity contribution in [3.8, 4) is 11.5 Å². The predicted molar refractivity (Wildman–Crippen MR) is 105 cm³/mol. The van der Waals surface area contributed by atoms with Crippen LogP contribution in [0.4, 0.5) is 0 Å². The highest BCUT2D eigenvalue weighted by Crippen LogP contribution is 2.32. The van der Waals surface area contributed by atoms with Crippen molar-refractivity contribution in [3.63, 3.8) is 0 Å². The Balaban J connectivity index is 1.36. The van der Waals surface area contributed by atoms with Crippen molar-refractivity contribution in [1.29, 1.82) is 0 Å². The summed E-state index contributed by atoms with van der Waals surface area (Å²) in [5.74, 6) is 1.26. The summed E-state index contributed by atoms with van der Waals surface area (Å²) in [6.45, 7) is 0.610. The summed E-state index contributed by atoms with van der Waals surface area (Å²) in [5.41, 5.74) is 2.97. The van der Waals surface area contributed by atoms with E-state index in [-0.39, 0.29) is 25.4 Å². The van der Waals surface area contributed by atoms with Gasteiger partial charge in [-0.2, -0.15) is 0 Å². The number of amides is 1. The van der Waals surface area contributed by atoms with Gasteiger partial charge in [0.2, 0.25) is 12.7 Å². The van der Waals surface area contributed by atoms with E-state index < -0.39 is 0 Å². The van der Waals surface area contributed by atoms with Gasteiger partial charge in [0, 0.05) is 6.54 Å². The highest BCUT2D eigenvalue weighted by Gasteiger charge is 2.17. The summed E-state index contributed by atoms with van der Waals surface area (Å²) in [5, 5.41) is 2.89. The van der Waals surface area contributed by atoms with E-state index in [2.05, 4.69) is 5.32 Å². The molecule has 3 aromatic rings. The molecular weight excluding hydrogens is 354 g/mol. The van der Waals surface area contributed by atoms with Crippen molar-refractivity contribution in [2.45, 2.75) is 12.6 Å². The van der Waals surface area contributed by atoms with Crippen LogP contribution in [0.1, 0.15) is 22.8 Å². The van der Waals surface area contributed by atoms with Gasteiger partial charge in [0.25, 0.3) is 0 Å². The van der Waals surface area contributed by atoms with E-state index in [1.54, 1.807) is 0 Å². The van der Waals surface area contributed by atoms with Gasteiger partial charge < -0.3 is 19.5 Å². The quantitative estimate of drug-likeness (QED) is 0.682. The van der Waals surface area contributed by atoms with Gasteiger partial charge in [-0.1, -0.05) is 66.7 Å². The number of carbonyl (C=O) groups excluding carboxylic acids is 1. The van der Waals surface area contributed by atoms with Crippen molar-refractivity contribution in [2.24, 2.45) is 0 Å². The molecule has 0 saturated carbocycles. The first kappa shape index (κ1) is 18.1. The van der Waals surface area contributed by atoms with E-state index in [1.165, 1.54) is 0 Å². The van der Waals surface area contributed by atoms with Gasteiger partial charge in [-0.05, 0) is 28.8 Å². The van der Waals surface area contributed by atoms with Crippen LogP contribution < -0.4 is 14.8 Å². The lowest BCUT2D eigenvalue weighted by Crippen LogP contribution is -2.28. The molecule has 5 nitrogen and oxygen atoms in total. The third-order valence-corrected chi connectivity index (χ3v) is 4.51. The molecule has 1 heterocycles. The van der Waals surface area contributed by atoms with Gasteiger partial charge >= 0.3 is 0 Å². The van der Waals surface area contributed by atoms with Crippen molar-refractivity contribution >= 4 is 5.91 Å². The molecule has 0 atom stereocenters. The number of fused-ring (bicyclic) bond motifs is 1. The minimum Gasteiger partial charge on any atom is -0.454 e. The van der Waals surface area contributed by atoms with Crippen LogP contribution in [0.25, 0.3) is 0 Å². The average molecular weight is 375 g/mol. The average Bonchev–Trinajstić information content (AvgIpc) is 3.22. The fourth-order valence-electron chi connectivity index (χ4n) is 3.10. The Morgan fingerprint density at radius 1 is 0.893 bits per heavy atom. The van der Waals surface area contributed by atoms with Crippen molar-refractivity contribution < 1.29 is 19.0 Å². The molecule has 0 aromatic heterocycles. The molecule has 1 aliphatic rings. The van der Waals surface area contributed by atoms with Gasteiger partial charge in [0.15, 0.2) is 11.5 Å². The largest absolute Gasteiger partial charge is 0.454 e. The lowest BCUT2D eigenvalue weighted by atomic mass is 10.0. The molecule has 0 fully saturated rings. The first-order valence-electron chi connectivity index (χ1n) is 9.16.